The van der Waals surface area contributed by atoms with Crippen molar-refractivity contribution in [2.45, 2.75) is 72.1 Å². The van der Waals surface area contributed by atoms with Crippen LogP contribution in [-0.4, -0.2) is 44.1 Å². The summed E-state index contributed by atoms with van der Waals surface area (Å²) in [5, 5.41) is 0. The number of hydrogen-bond acceptors (Lipinski definition) is 3. The van der Waals surface area contributed by atoms with Gasteiger partial charge in [-0.25, -0.2) is 0 Å². The average molecular weight is 330 g/mol. The zero-order valence-corrected chi connectivity index (χ0v) is 15.2. The van der Waals surface area contributed by atoms with E-state index in [0.29, 0.717) is 19.0 Å². The van der Waals surface area contributed by atoms with Crippen LogP contribution in [0, 0.1) is 16.7 Å². The van der Waals surface area contributed by atoms with E-state index in [1.165, 1.54) is 6.42 Å². The van der Waals surface area contributed by atoms with Crippen LogP contribution in [-0.2, 0) is 14.9 Å². The number of ether oxygens (including phenoxy) is 1. The van der Waals surface area contributed by atoms with Crippen molar-refractivity contribution in [2.24, 2.45) is 16.7 Å². The Hall–Kier alpha value is -0.170. The molecule has 3 aliphatic rings. The second-order valence-corrected chi connectivity index (χ2v) is 10.1. The van der Waals surface area contributed by atoms with Crippen molar-refractivity contribution < 1.29 is 13.2 Å². The maximum Gasteiger partial charge on any atom is 0.279 e. The average Bonchev–Trinajstić information content (AvgIpc) is 2.70. The van der Waals surface area contributed by atoms with Gasteiger partial charge in [0.05, 0.1) is 12.2 Å². The second kappa shape index (κ2) is 5.16. The number of morpholine rings is 1. The fourth-order valence-corrected chi connectivity index (χ4v) is 6.64. The van der Waals surface area contributed by atoms with Crippen LogP contribution >= 0.6 is 0 Å². The summed E-state index contributed by atoms with van der Waals surface area (Å²) in [6, 6.07) is 0.0553. The molecule has 0 unspecified atom stereocenters. The molecule has 128 valence electrons. The fraction of sp³-hybridized carbons (Fsp3) is 1.00. The Morgan fingerprint density at radius 2 is 1.73 bits per heavy atom. The third-order valence-electron chi connectivity index (χ3n) is 6.81. The van der Waals surface area contributed by atoms with Gasteiger partial charge in [-0.3, -0.25) is 0 Å². The van der Waals surface area contributed by atoms with Crippen LogP contribution in [0.3, 0.4) is 0 Å². The highest BCUT2D eigenvalue weighted by molar-refractivity contribution is 7.87. The normalized spacial score (nSPS) is 45.3. The van der Waals surface area contributed by atoms with Gasteiger partial charge in [0.25, 0.3) is 10.2 Å². The van der Waals surface area contributed by atoms with Crippen LogP contribution < -0.4 is 4.72 Å². The van der Waals surface area contributed by atoms with Crippen LogP contribution in [0.2, 0.25) is 0 Å². The molecule has 1 N–H and O–H groups in total. The van der Waals surface area contributed by atoms with E-state index in [-0.39, 0.29) is 29.1 Å². The predicted octanol–water partition coefficient (Wildman–Crippen LogP) is 2.14. The minimum absolute atomic E-state index is 0.0487. The lowest BCUT2D eigenvalue weighted by Crippen LogP contribution is -2.56. The molecule has 3 rings (SSSR count). The molecule has 1 saturated heterocycles. The molecule has 2 aliphatic carbocycles. The summed E-state index contributed by atoms with van der Waals surface area (Å²) in [5.74, 6) is 0.632. The van der Waals surface area contributed by atoms with E-state index >= 15 is 0 Å². The monoisotopic (exact) mass is 330 g/mol. The van der Waals surface area contributed by atoms with Gasteiger partial charge in [-0.05, 0) is 49.9 Å². The van der Waals surface area contributed by atoms with E-state index in [2.05, 4.69) is 25.5 Å². The van der Waals surface area contributed by atoms with Crippen LogP contribution in [0.5, 0.6) is 0 Å². The summed E-state index contributed by atoms with van der Waals surface area (Å²) in [5.41, 5.74) is 0.278. The van der Waals surface area contributed by atoms with Crippen LogP contribution in [0.15, 0.2) is 0 Å². The summed E-state index contributed by atoms with van der Waals surface area (Å²) in [4.78, 5) is 0. The second-order valence-electron chi connectivity index (χ2n) is 8.36. The maximum absolute atomic E-state index is 12.8. The summed E-state index contributed by atoms with van der Waals surface area (Å²) < 4.78 is 35.9. The van der Waals surface area contributed by atoms with Crippen LogP contribution in [0.25, 0.3) is 0 Å². The highest BCUT2D eigenvalue weighted by Gasteiger charge is 2.62. The van der Waals surface area contributed by atoms with Gasteiger partial charge in [-0.1, -0.05) is 20.8 Å². The first-order valence-corrected chi connectivity index (χ1v) is 9.93. The number of nitrogens with one attached hydrogen (secondary N) is 1. The van der Waals surface area contributed by atoms with Crippen LogP contribution in [0.4, 0.5) is 0 Å². The van der Waals surface area contributed by atoms with Gasteiger partial charge < -0.3 is 4.74 Å². The molecule has 0 aromatic rings. The van der Waals surface area contributed by atoms with E-state index in [0.717, 1.165) is 12.8 Å². The Labute approximate surface area is 135 Å². The van der Waals surface area contributed by atoms with Crippen molar-refractivity contribution in [1.82, 2.24) is 9.03 Å². The van der Waals surface area contributed by atoms with E-state index in [1.807, 2.05) is 13.8 Å². The SMILES string of the molecule is C[C@@H]1CN(S(=O)(=O)N[C@@H]2C[C@H]3CC[C@@]2(C)C3(C)C)C[C@@H](C)O1. The van der Waals surface area contributed by atoms with Gasteiger partial charge in [0.15, 0.2) is 0 Å². The van der Waals surface area contributed by atoms with Crippen molar-refractivity contribution in [3.8, 4) is 0 Å². The molecule has 1 heterocycles. The Kier molecular flexibility index (Phi) is 3.91. The first kappa shape index (κ1) is 16.7. The smallest absolute Gasteiger partial charge is 0.279 e. The standard InChI is InChI=1S/C16H30N2O3S/c1-11-9-18(10-12(2)21-11)22(19,20)17-14-8-13-6-7-16(14,5)15(13,3)4/h11-14,17H,6-10H2,1-5H3/t11-,12-,13-,14-,16-/m1/s1. The highest BCUT2D eigenvalue weighted by atomic mass is 32.2. The zero-order chi connectivity index (χ0) is 16.3. The Balaban J connectivity index is 1.76. The van der Waals surface area contributed by atoms with Gasteiger partial charge >= 0.3 is 0 Å². The molecule has 3 fully saturated rings. The van der Waals surface area contributed by atoms with E-state index in [4.69, 9.17) is 4.74 Å². The molecule has 1 aliphatic heterocycles. The number of hydrogen-bond donors (Lipinski definition) is 1. The highest BCUT2D eigenvalue weighted by Crippen LogP contribution is 2.65. The fourth-order valence-electron chi connectivity index (χ4n) is 4.96. The lowest BCUT2D eigenvalue weighted by atomic mass is 9.69. The van der Waals surface area contributed by atoms with Crippen LogP contribution in [0.1, 0.15) is 53.9 Å². The number of rotatable bonds is 3. The first-order valence-electron chi connectivity index (χ1n) is 8.49. The molecule has 5 atom stereocenters. The molecule has 2 saturated carbocycles. The molecule has 0 amide bonds. The minimum Gasteiger partial charge on any atom is -0.373 e. The Morgan fingerprint density at radius 1 is 1.14 bits per heavy atom. The summed E-state index contributed by atoms with van der Waals surface area (Å²) >= 11 is 0. The third-order valence-corrected chi connectivity index (χ3v) is 8.37. The maximum atomic E-state index is 12.8. The van der Waals surface area contributed by atoms with Crippen molar-refractivity contribution in [3.63, 3.8) is 0 Å². The molecular weight excluding hydrogens is 300 g/mol. The minimum atomic E-state index is -3.44. The lowest BCUT2D eigenvalue weighted by molar-refractivity contribution is -0.0446. The molecule has 22 heavy (non-hydrogen) atoms. The molecular formula is C16H30N2O3S. The quantitative estimate of drug-likeness (QED) is 0.862. The topological polar surface area (TPSA) is 58.6 Å². The molecule has 0 aromatic heterocycles. The van der Waals surface area contributed by atoms with Gasteiger partial charge in [0.2, 0.25) is 0 Å². The number of nitrogens with zero attached hydrogens (tertiary/aromatic N) is 1. The predicted molar refractivity (Wildman–Crippen MR) is 86.7 cm³/mol. The molecule has 6 heteroatoms. The molecule has 2 bridgehead atoms. The molecule has 5 nitrogen and oxygen atoms in total. The summed E-state index contributed by atoms with van der Waals surface area (Å²) in [7, 11) is -3.44. The van der Waals surface area contributed by atoms with Crippen molar-refractivity contribution >= 4 is 10.2 Å². The van der Waals surface area contributed by atoms with Gasteiger partial charge in [0.1, 0.15) is 0 Å². The molecule has 0 spiro atoms. The van der Waals surface area contributed by atoms with E-state index < -0.39 is 10.2 Å². The third kappa shape index (κ3) is 2.43. The zero-order valence-electron chi connectivity index (χ0n) is 14.4. The summed E-state index contributed by atoms with van der Waals surface area (Å²) in [6.45, 7) is 11.6. The Morgan fingerprint density at radius 3 is 2.18 bits per heavy atom. The van der Waals surface area contributed by atoms with Crippen molar-refractivity contribution in [3.05, 3.63) is 0 Å². The van der Waals surface area contributed by atoms with Gasteiger partial charge in [-0.2, -0.15) is 17.4 Å². The molecule has 0 aromatic carbocycles. The molecule has 0 radical (unpaired) electrons. The first-order chi connectivity index (χ1) is 10.1. The Bertz CT molecular complexity index is 538. The van der Waals surface area contributed by atoms with Crippen molar-refractivity contribution in [1.29, 1.82) is 0 Å². The largest absolute Gasteiger partial charge is 0.373 e. The van der Waals surface area contributed by atoms with Crippen molar-refractivity contribution in [2.75, 3.05) is 13.1 Å². The lowest BCUT2D eigenvalue weighted by Gasteiger charge is -2.41. The van der Waals surface area contributed by atoms with E-state index in [9.17, 15) is 8.42 Å². The van der Waals surface area contributed by atoms with Gasteiger partial charge in [0, 0.05) is 19.1 Å². The number of fused-ring (bicyclic) bond motifs is 2. The van der Waals surface area contributed by atoms with E-state index in [1.54, 1.807) is 4.31 Å². The van der Waals surface area contributed by atoms with Gasteiger partial charge in [-0.15, -0.1) is 0 Å². The summed E-state index contributed by atoms with van der Waals surface area (Å²) in [6.07, 6.45) is 3.22.